The second kappa shape index (κ2) is 3.79. The van der Waals surface area contributed by atoms with Crippen LogP contribution in [-0.4, -0.2) is 23.2 Å². The summed E-state index contributed by atoms with van der Waals surface area (Å²) in [7, 11) is 0. The van der Waals surface area contributed by atoms with Crippen LogP contribution in [0.3, 0.4) is 0 Å². The maximum atomic E-state index is 6.06. The van der Waals surface area contributed by atoms with Gasteiger partial charge in [-0.2, -0.15) is 0 Å². The van der Waals surface area contributed by atoms with Crippen LogP contribution in [0.1, 0.15) is 19.3 Å². The quantitative estimate of drug-likeness (QED) is 0.829. The Morgan fingerprint density at radius 1 is 1.50 bits per heavy atom. The van der Waals surface area contributed by atoms with Gasteiger partial charge in [-0.15, -0.1) is 0 Å². The van der Waals surface area contributed by atoms with E-state index in [2.05, 4.69) is 10.3 Å². The minimum Gasteiger partial charge on any atom is -0.397 e. The van der Waals surface area contributed by atoms with Crippen LogP contribution >= 0.6 is 11.6 Å². The number of hydrogen-bond donors (Lipinski definition) is 2. The van der Waals surface area contributed by atoms with Crippen LogP contribution in [0.25, 0.3) is 0 Å². The van der Waals surface area contributed by atoms with Gasteiger partial charge in [-0.05, 0) is 25.3 Å². The molecule has 2 fully saturated rings. The summed E-state index contributed by atoms with van der Waals surface area (Å²) in [4.78, 5) is 4.20. The van der Waals surface area contributed by atoms with E-state index in [1.165, 1.54) is 6.42 Å². The van der Waals surface area contributed by atoms with Gasteiger partial charge in [0.15, 0.2) is 0 Å². The Morgan fingerprint density at radius 2 is 2.38 bits per heavy atom. The number of halogens is 1. The van der Waals surface area contributed by atoms with Gasteiger partial charge in [0.05, 0.1) is 35.2 Å². The normalized spacial score (nSPS) is 31.9. The average molecular weight is 240 g/mol. The van der Waals surface area contributed by atoms with Gasteiger partial charge in [0.1, 0.15) is 5.82 Å². The Bertz CT molecular complexity index is 412. The lowest BCUT2D eigenvalue weighted by Crippen LogP contribution is -2.30. The van der Waals surface area contributed by atoms with E-state index in [0.29, 0.717) is 34.8 Å². The number of ether oxygens (including phenoxy) is 1. The molecule has 2 saturated heterocycles. The molecule has 0 spiro atoms. The van der Waals surface area contributed by atoms with Gasteiger partial charge in [-0.3, -0.25) is 0 Å². The number of nitrogen functional groups attached to an aromatic ring is 1. The monoisotopic (exact) mass is 239 g/mol. The molecule has 3 rings (SSSR count). The smallest absolute Gasteiger partial charge is 0.145 e. The summed E-state index contributed by atoms with van der Waals surface area (Å²) < 4.78 is 5.76. The van der Waals surface area contributed by atoms with Crippen molar-refractivity contribution < 1.29 is 4.74 Å². The number of nitrogens with one attached hydrogen (secondary N) is 1. The topological polar surface area (TPSA) is 60.2 Å². The molecule has 16 heavy (non-hydrogen) atoms. The Hall–Kier alpha value is -1.00. The first-order valence-electron chi connectivity index (χ1n) is 5.55. The standard InChI is InChI=1S/C11H14ClN3O/c12-8-3-6(13)5-14-11(8)15-9-4-7-1-2-10(9)16-7/h3,5,7,9-10H,1-2,4,13H2,(H,14,15). The molecule has 0 saturated carbocycles. The first-order chi connectivity index (χ1) is 7.72. The van der Waals surface area contributed by atoms with Gasteiger partial charge in [0, 0.05) is 0 Å². The fourth-order valence-corrected chi connectivity index (χ4v) is 2.75. The van der Waals surface area contributed by atoms with E-state index in [9.17, 15) is 0 Å². The second-order valence-electron chi connectivity index (χ2n) is 4.46. The lowest BCUT2D eigenvalue weighted by atomic mass is 9.95. The maximum Gasteiger partial charge on any atom is 0.145 e. The van der Waals surface area contributed by atoms with Crippen LogP contribution in [0.5, 0.6) is 0 Å². The Morgan fingerprint density at radius 3 is 3.00 bits per heavy atom. The summed E-state index contributed by atoms with van der Waals surface area (Å²) in [6, 6.07) is 2.05. The first-order valence-corrected chi connectivity index (χ1v) is 5.93. The third-order valence-electron chi connectivity index (χ3n) is 3.29. The zero-order chi connectivity index (χ0) is 11.1. The lowest BCUT2D eigenvalue weighted by Gasteiger charge is -2.21. The van der Waals surface area contributed by atoms with Crippen molar-refractivity contribution in [1.82, 2.24) is 4.98 Å². The van der Waals surface area contributed by atoms with Gasteiger partial charge in [0.2, 0.25) is 0 Å². The molecule has 1 aromatic rings. The van der Waals surface area contributed by atoms with Crippen LogP contribution in [0.2, 0.25) is 5.02 Å². The van der Waals surface area contributed by atoms with E-state index in [1.807, 2.05) is 0 Å². The molecule has 0 aliphatic carbocycles. The van der Waals surface area contributed by atoms with Crippen LogP contribution in [0.4, 0.5) is 11.5 Å². The predicted octanol–water partition coefficient (Wildman–Crippen LogP) is 2.05. The van der Waals surface area contributed by atoms with Gasteiger partial charge in [-0.1, -0.05) is 11.6 Å². The summed E-state index contributed by atoms with van der Waals surface area (Å²) in [5, 5.41) is 3.92. The molecule has 5 heteroatoms. The van der Waals surface area contributed by atoms with Crippen molar-refractivity contribution in [2.45, 2.75) is 37.5 Å². The lowest BCUT2D eigenvalue weighted by molar-refractivity contribution is 0.102. The zero-order valence-electron chi connectivity index (χ0n) is 8.82. The fraction of sp³-hybridized carbons (Fsp3) is 0.545. The highest BCUT2D eigenvalue weighted by atomic mass is 35.5. The molecular weight excluding hydrogens is 226 g/mol. The van der Waals surface area contributed by atoms with Crippen molar-refractivity contribution in [2.75, 3.05) is 11.1 Å². The van der Waals surface area contributed by atoms with Crippen molar-refractivity contribution in [3.8, 4) is 0 Å². The highest BCUT2D eigenvalue weighted by Gasteiger charge is 2.40. The number of aromatic nitrogens is 1. The Labute approximate surface area is 99.1 Å². The predicted molar refractivity (Wildman–Crippen MR) is 63.6 cm³/mol. The molecular formula is C11H14ClN3O. The van der Waals surface area contributed by atoms with E-state index < -0.39 is 0 Å². The van der Waals surface area contributed by atoms with Gasteiger partial charge >= 0.3 is 0 Å². The van der Waals surface area contributed by atoms with Gasteiger partial charge in [0.25, 0.3) is 0 Å². The van der Waals surface area contributed by atoms with Crippen molar-refractivity contribution in [3.05, 3.63) is 17.3 Å². The number of anilines is 2. The number of rotatable bonds is 2. The van der Waals surface area contributed by atoms with E-state index in [1.54, 1.807) is 12.3 Å². The molecule has 1 aromatic heterocycles. The fourth-order valence-electron chi connectivity index (χ4n) is 2.52. The molecule has 3 atom stereocenters. The first kappa shape index (κ1) is 10.2. The third-order valence-corrected chi connectivity index (χ3v) is 3.58. The third kappa shape index (κ3) is 1.72. The highest BCUT2D eigenvalue weighted by molar-refractivity contribution is 6.33. The molecule has 0 aromatic carbocycles. The molecule has 3 heterocycles. The van der Waals surface area contributed by atoms with Crippen LogP contribution in [0.15, 0.2) is 12.3 Å². The molecule has 4 nitrogen and oxygen atoms in total. The molecule has 86 valence electrons. The number of pyridine rings is 1. The second-order valence-corrected chi connectivity index (χ2v) is 4.87. The van der Waals surface area contributed by atoms with Crippen molar-refractivity contribution in [3.63, 3.8) is 0 Å². The number of nitrogens with two attached hydrogens (primary N) is 1. The molecule has 2 aliphatic rings. The van der Waals surface area contributed by atoms with E-state index in [0.717, 1.165) is 12.8 Å². The van der Waals surface area contributed by atoms with E-state index in [4.69, 9.17) is 22.1 Å². The Kier molecular flexibility index (Phi) is 2.41. The summed E-state index contributed by atoms with van der Waals surface area (Å²) in [5.74, 6) is 0.706. The van der Waals surface area contributed by atoms with Crippen molar-refractivity contribution >= 4 is 23.1 Å². The van der Waals surface area contributed by atoms with E-state index >= 15 is 0 Å². The van der Waals surface area contributed by atoms with Crippen LogP contribution < -0.4 is 11.1 Å². The average Bonchev–Trinajstić information content (AvgIpc) is 2.84. The zero-order valence-corrected chi connectivity index (χ0v) is 9.57. The maximum absolute atomic E-state index is 6.06. The molecule has 3 N–H and O–H groups in total. The highest BCUT2D eigenvalue weighted by Crippen LogP contribution is 2.36. The van der Waals surface area contributed by atoms with Crippen LogP contribution in [-0.2, 0) is 4.74 Å². The minimum absolute atomic E-state index is 0.320. The van der Waals surface area contributed by atoms with Crippen molar-refractivity contribution in [1.29, 1.82) is 0 Å². The van der Waals surface area contributed by atoms with Gasteiger partial charge < -0.3 is 15.8 Å². The molecule has 0 amide bonds. The minimum atomic E-state index is 0.320. The summed E-state index contributed by atoms with van der Waals surface area (Å²) in [6.45, 7) is 0. The molecule has 3 unspecified atom stereocenters. The summed E-state index contributed by atoms with van der Waals surface area (Å²) in [6.07, 6.45) is 5.73. The number of nitrogens with zero attached hydrogens (tertiary/aromatic N) is 1. The van der Waals surface area contributed by atoms with E-state index in [-0.39, 0.29) is 0 Å². The summed E-state index contributed by atoms with van der Waals surface area (Å²) >= 11 is 6.06. The van der Waals surface area contributed by atoms with Crippen molar-refractivity contribution in [2.24, 2.45) is 0 Å². The molecule has 2 bridgehead atoms. The Balaban J connectivity index is 1.74. The van der Waals surface area contributed by atoms with Crippen LogP contribution in [0, 0.1) is 0 Å². The SMILES string of the molecule is Nc1cnc(NC2CC3CCC2O3)c(Cl)c1. The number of hydrogen-bond acceptors (Lipinski definition) is 4. The molecule has 0 radical (unpaired) electrons. The molecule has 2 aliphatic heterocycles. The summed E-state index contributed by atoms with van der Waals surface area (Å²) in [5.41, 5.74) is 6.18. The largest absolute Gasteiger partial charge is 0.397 e. The number of fused-ring (bicyclic) bond motifs is 2. The van der Waals surface area contributed by atoms with Gasteiger partial charge in [-0.25, -0.2) is 4.98 Å².